The van der Waals surface area contributed by atoms with Gasteiger partial charge in [-0.25, -0.2) is 9.18 Å². The van der Waals surface area contributed by atoms with Gasteiger partial charge >= 0.3 is 18.4 Å². The van der Waals surface area contributed by atoms with Crippen molar-refractivity contribution >= 4 is 23.5 Å². The van der Waals surface area contributed by atoms with Crippen LogP contribution < -0.4 is 5.32 Å². The molecule has 0 aliphatic carbocycles. The number of hydrogen-bond donors (Lipinski definition) is 1. The van der Waals surface area contributed by atoms with Gasteiger partial charge in [-0.05, 0) is 73.2 Å². The van der Waals surface area contributed by atoms with Crippen molar-refractivity contribution in [3.63, 3.8) is 0 Å². The molecule has 1 fully saturated rings. The molecule has 2 atom stereocenters. The molecule has 220 valence electrons. The molecule has 1 heterocycles. The molecular formula is C27H29ClF7N3O2. The molecule has 1 N–H and O–H groups in total. The molecule has 1 aliphatic rings. The standard InChI is InChI=1S/C27H29ClF7N3O2/c1-16-10-20(29)5-6-22(16)23-14-21(36-24(39)4-3-8-28)7-9-38(23)25(40)37(2)15-17-11-18(26(30,31)32)13-19(12-17)27(33,34)35/h5-6,10-13,21,23H,3-4,7-9,14-15H2,1-2H3,(H,36,39)/t21-,23+/m0/s1. The van der Waals surface area contributed by atoms with Crippen LogP contribution in [0.4, 0.5) is 35.5 Å². The summed E-state index contributed by atoms with van der Waals surface area (Å²) in [6.07, 6.45) is -8.67. The largest absolute Gasteiger partial charge is 0.416 e. The fraction of sp³-hybridized carbons (Fsp3) is 0.481. The molecule has 0 radical (unpaired) electrons. The molecule has 13 heteroatoms. The third-order valence-corrected chi connectivity index (χ3v) is 7.00. The van der Waals surface area contributed by atoms with Crippen molar-refractivity contribution in [2.75, 3.05) is 19.5 Å². The van der Waals surface area contributed by atoms with Crippen LogP contribution in [0.3, 0.4) is 0 Å². The lowest BCUT2D eigenvalue weighted by molar-refractivity contribution is -0.143. The first-order chi connectivity index (χ1) is 18.6. The minimum absolute atomic E-state index is 0.0326. The summed E-state index contributed by atoms with van der Waals surface area (Å²) in [6.45, 7) is 1.28. The van der Waals surface area contributed by atoms with Crippen molar-refractivity contribution in [2.24, 2.45) is 0 Å². The Morgan fingerprint density at radius 2 is 1.68 bits per heavy atom. The Hall–Kier alpha value is -3.02. The number of hydrogen-bond acceptors (Lipinski definition) is 2. The summed E-state index contributed by atoms with van der Waals surface area (Å²) in [5.41, 5.74) is -2.12. The maximum Gasteiger partial charge on any atom is 0.416 e. The number of nitrogens with one attached hydrogen (secondary N) is 1. The SMILES string of the molecule is Cc1cc(F)ccc1[C@H]1C[C@@H](NC(=O)CCCCl)CCN1C(=O)N(C)Cc1cc(C(F)(F)F)cc(C(F)(F)F)c1. The van der Waals surface area contributed by atoms with Crippen molar-refractivity contribution in [1.82, 2.24) is 15.1 Å². The van der Waals surface area contributed by atoms with Crippen molar-refractivity contribution in [2.45, 2.75) is 63.6 Å². The lowest BCUT2D eigenvalue weighted by Crippen LogP contribution is -2.51. The lowest BCUT2D eigenvalue weighted by atomic mass is 9.89. The number of carbonyl (C=O) groups is 2. The van der Waals surface area contributed by atoms with E-state index in [1.165, 1.54) is 30.1 Å². The van der Waals surface area contributed by atoms with E-state index >= 15 is 0 Å². The van der Waals surface area contributed by atoms with E-state index in [2.05, 4.69) is 5.32 Å². The number of nitrogens with zero attached hydrogens (tertiary/aromatic N) is 2. The highest BCUT2D eigenvalue weighted by Crippen LogP contribution is 2.37. The van der Waals surface area contributed by atoms with Crippen molar-refractivity contribution < 1.29 is 40.3 Å². The van der Waals surface area contributed by atoms with E-state index in [-0.39, 0.29) is 43.0 Å². The number of carbonyl (C=O) groups excluding carboxylic acids is 2. The molecule has 0 spiro atoms. The summed E-state index contributed by atoms with van der Waals surface area (Å²) in [4.78, 5) is 28.3. The van der Waals surface area contributed by atoms with Gasteiger partial charge in [0.2, 0.25) is 5.91 Å². The highest BCUT2D eigenvalue weighted by Gasteiger charge is 2.38. The fourth-order valence-corrected chi connectivity index (χ4v) is 4.97. The Kier molecular flexibility index (Phi) is 9.97. The van der Waals surface area contributed by atoms with Crippen LogP contribution in [0.1, 0.15) is 59.5 Å². The molecule has 0 aromatic heterocycles. The minimum Gasteiger partial charge on any atom is -0.353 e. The van der Waals surface area contributed by atoms with E-state index in [1.54, 1.807) is 6.92 Å². The van der Waals surface area contributed by atoms with Crippen LogP contribution in [-0.4, -0.2) is 47.3 Å². The van der Waals surface area contributed by atoms with E-state index < -0.39 is 47.9 Å². The molecular weight excluding hydrogens is 567 g/mol. The summed E-state index contributed by atoms with van der Waals surface area (Å²) in [6, 6.07) is 3.68. The fourth-order valence-electron chi connectivity index (χ4n) is 4.83. The topological polar surface area (TPSA) is 52.7 Å². The van der Waals surface area contributed by atoms with Gasteiger partial charge in [-0.1, -0.05) is 6.07 Å². The van der Waals surface area contributed by atoms with Gasteiger partial charge in [0.15, 0.2) is 0 Å². The average Bonchev–Trinajstić information content (AvgIpc) is 2.86. The second-order valence-corrected chi connectivity index (χ2v) is 10.2. The van der Waals surface area contributed by atoms with E-state index in [1.807, 2.05) is 0 Å². The number of amides is 3. The molecule has 2 aromatic rings. The van der Waals surface area contributed by atoms with Crippen LogP contribution in [0, 0.1) is 12.7 Å². The lowest BCUT2D eigenvalue weighted by Gasteiger charge is -2.42. The van der Waals surface area contributed by atoms with Gasteiger partial charge in [-0.2, -0.15) is 26.3 Å². The van der Waals surface area contributed by atoms with Crippen LogP contribution in [-0.2, 0) is 23.7 Å². The van der Waals surface area contributed by atoms with Gasteiger partial charge in [-0.15, -0.1) is 11.6 Å². The first kappa shape index (κ1) is 31.5. The second kappa shape index (κ2) is 12.7. The molecule has 40 heavy (non-hydrogen) atoms. The normalized spacial score (nSPS) is 18.0. The Morgan fingerprint density at radius 1 is 1.05 bits per heavy atom. The van der Waals surface area contributed by atoms with E-state index in [9.17, 15) is 40.3 Å². The number of benzene rings is 2. The van der Waals surface area contributed by atoms with Gasteiger partial charge in [0, 0.05) is 38.5 Å². The maximum atomic E-state index is 13.8. The summed E-state index contributed by atoms with van der Waals surface area (Å²) in [7, 11) is 1.28. The number of alkyl halides is 7. The molecule has 0 saturated carbocycles. The van der Waals surface area contributed by atoms with Crippen molar-refractivity contribution in [1.29, 1.82) is 0 Å². The molecule has 5 nitrogen and oxygen atoms in total. The molecule has 0 bridgehead atoms. The van der Waals surface area contributed by atoms with Gasteiger partial charge in [-0.3, -0.25) is 4.79 Å². The number of rotatable bonds is 7. The summed E-state index contributed by atoms with van der Waals surface area (Å²) in [5.74, 6) is -0.370. The quantitative estimate of drug-likeness (QED) is 0.275. The average molecular weight is 596 g/mol. The number of aryl methyl sites for hydroxylation is 1. The third kappa shape index (κ3) is 8.02. The molecule has 0 unspecified atom stereocenters. The van der Waals surface area contributed by atoms with Crippen molar-refractivity contribution in [3.8, 4) is 0 Å². The number of urea groups is 1. The number of halogens is 8. The first-order valence-corrected chi connectivity index (χ1v) is 13.0. The Bertz CT molecular complexity index is 1190. The van der Waals surface area contributed by atoms with E-state index in [0.717, 1.165) is 4.90 Å². The Labute approximate surface area is 232 Å². The zero-order valence-electron chi connectivity index (χ0n) is 21.8. The zero-order valence-corrected chi connectivity index (χ0v) is 22.6. The first-order valence-electron chi connectivity index (χ1n) is 12.5. The van der Waals surface area contributed by atoms with Crippen LogP contribution in [0.15, 0.2) is 36.4 Å². The van der Waals surface area contributed by atoms with Crippen LogP contribution >= 0.6 is 11.6 Å². The van der Waals surface area contributed by atoms with Gasteiger partial charge in [0.1, 0.15) is 5.82 Å². The monoisotopic (exact) mass is 595 g/mol. The predicted octanol–water partition coefficient (Wildman–Crippen LogP) is 7.06. The zero-order chi connectivity index (χ0) is 29.8. The van der Waals surface area contributed by atoms with Crippen molar-refractivity contribution in [3.05, 3.63) is 70.0 Å². The summed E-state index contributed by atoms with van der Waals surface area (Å²) < 4.78 is 93.7. The van der Waals surface area contributed by atoms with Crippen LogP contribution in [0.5, 0.6) is 0 Å². The molecule has 3 rings (SSSR count). The van der Waals surface area contributed by atoms with E-state index in [4.69, 9.17) is 11.6 Å². The Morgan fingerprint density at radius 3 is 2.23 bits per heavy atom. The molecule has 1 saturated heterocycles. The molecule has 1 aliphatic heterocycles. The van der Waals surface area contributed by atoms with Crippen LogP contribution in [0.25, 0.3) is 0 Å². The third-order valence-electron chi connectivity index (χ3n) is 6.74. The highest BCUT2D eigenvalue weighted by atomic mass is 35.5. The van der Waals surface area contributed by atoms with E-state index in [0.29, 0.717) is 42.0 Å². The highest BCUT2D eigenvalue weighted by molar-refractivity contribution is 6.17. The van der Waals surface area contributed by atoms with Gasteiger partial charge < -0.3 is 15.1 Å². The summed E-state index contributed by atoms with van der Waals surface area (Å²) in [5, 5.41) is 2.92. The molecule has 2 aromatic carbocycles. The van der Waals surface area contributed by atoms with Crippen LogP contribution in [0.2, 0.25) is 0 Å². The van der Waals surface area contributed by atoms with Gasteiger partial charge in [0.25, 0.3) is 0 Å². The molecule has 3 amide bonds. The van der Waals surface area contributed by atoms with Gasteiger partial charge in [0.05, 0.1) is 17.2 Å². The number of piperidine rings is 1. The Balaban J connectivity index is 1.87. The predicted molar refractivity (Wildman–Crippen MR) is 135 cm³/mol. The number of likely N-dealkylation sites (tertiary alicyclic amines) is 1. The minimum atomic E-state index is -5.01. The maximum absolute atomic E-state index is 13.8. The smallest absolute Gasteiger partial charge is 0.353 e. The second-order valence-electron chi connectivity index (χ2n) is 9.84. The summed E-state index contributed by atoms with van der Waals surface area (Å²) >= 11 is 5.65.